The molecule has 1 aromatic carbocycles. The third-order valence-corrected chi connectivity index (χ3v) is 6.51. The number of hydrogen-bond acceptors (Lipinski definition) is 4. The molecule has 0 saturated carbocycles. The molecule has 0 spiro atoms. The largest absolute Gasteiger partial charge is 0.271 e. The first kappa shape index (κ1) is 14.0. The van der Waals surface area contributed by atoms with Crippen LogP contribution in [0.5, 0.6) is 0 Å². The molecule has 2 unspecified atom stereocenters. The van der Waals surface area contributed by atoms with Gasteiger partial charge in [-0.3, -0.25) is 11.3 Å². The molecule has 0 aromatic heterocycles. The molecule has 1 aliphatic heterocycles. The van der Waals surface area contributed by atoms with Crippen LogP contribution >= 0.6 is 46.1 Å². The van der Waals surface area contributed by atoms with Gasteiger partial charge in [0.05, 0.1) is 0 Å². The van der Waals surface area contributed by atoms with E-state index in [0.29, 0.717) is 11.3 Å². The number of nitrogens with one attached hydrogen (secondary N) is 1. The maximum Gasteiger partial charge on any atom is 0.0377 e. The highest BCUT2D eigenvalue weighted by Crippen LogP contribution is 2.27. The number of halogens is 1. The van der Waals surface area contributed by atoms with Crippen LogP contribution in [-0.4, -0.2) is 28.6 Å². The molecule has 0 aliphatic carbocycles. The first-order valence-corrected chi connectivity index (χ1v) is 8.98. The standard InChI is InChI=1S/C12H17IN2S2/c13-10-3-1-9(2-4-10)7-11(15-14)12-8-16-5-6-17-12/h1-4,11-12,15H,5-8,14H2. The zero-order valence-corrected chi connectivity index (χ0v) is 13.4. The van der Waals surface area contributed by atoms with Crippen molar-refractivity contribution < 1.29 is 0 Å². The van der Waals surface area contributed by atoms with Crippen molar-refractivity contribution in [2.75, 3.05) is 17.3 Å². The molecule has 17 heavy (non-hydrogen) atoms. The van der Waals surface area contributed by atoms with Gasteiger partial charge in [0, 0.05) is 32.1 Å². The van der Waals surface area contributed by atoms with Crippen LogP contribution in [0.15, 0.2) is 24.3 Å². The lowest BCUT2D eigenvalue weighted by atomic mass is 10.0. The van der Waals surface area contributed by atoms with Gasteiger partial charge in [-0.25, -0.2) is 0 Å². The normalized spacial score (nSPS) is 22.4. The second-order valence-electron chi connectivity index (χ2n) is 4.09. The van der Waals surface area contributed by atoms with Gasteiger partial charge in [-0.05, 0) is 46.7 Å². The molecule has 0 amide bonds. The molecule has 0 bridgehead atoms. The van der Waals surface area contributed by atoms with E-state index in [9.17, 15) is 0 Å². The van der Waals surface area contributed by atoms with Crippen LogP contribution in [0, 0.1) is 3.57 Å². The highest BCUT2D eigenvalue weighted by Gasteiger charge is 2.23. The Hall–Kier alpha value is 0.570. The molecular formula is C12H17IN2S2. The summed E-state index contributed by atoms with van der Waals surface area (Å²) in [7, 11) is 0. The van der Waals surface area contributed by atoms with E-state index in [4.69, 9.17) is 5.84 Å². The van der Waals surface area contributed by atoms with Crippen LogP contribution in [0.4, 0.5) is 0 Å². The lowest BCUT2D eigenvalue weighted by Gasteiger charge is -2.29. The minimum absolute atomic E-state index is 0.382. The number of benzene rings is 1. The van der Waals surface area contributed by atoms with Gasteiger partial charge in [-0.15, -0.1) is 0 Å². The number of thioether (sulfide) groups is 2. The van der Waals surface area contributed by atoms with Crippen molar-refractivity contribution in [2.24, 2.45) is 5.84 Å². The Morgan fingerprint density at radius 3 is 2.71 bits per heavy atom. The average molecular weight is 380 g/mol. The topological polar surface area (TPSA) is 38.0 Å². The predicted molar refractivity (Wildman–Crippen MR) is 87.5 cm³/mol. The van der Waals surface area contributed by atoms with E-state index in [1.165, 1.54) is 26.4 Å². The van der Waals surface area contributed by atoms with Gasteiger partial charge in [0.15, 0.2) is 0 Å². The summed E-state index contributed by atoms with van der Waals surface area (Å²) in [4.78, 5) is 0. The fourth-order valence-corrected chi connectivity index (χ4v) is 5.14. The van der Waals surface area contributed by atoms with Crippen molar-refractivity contribution >= 4 is 46.1 Å². The molecule has 0 radical (unpaired) electrons. The third kappa shape index (κ3) is 4.31. The van der Waals surface area contributed by atoms with E-state index in [-0.39, 0.29) is 0 Å². The Morgan fingerprint density at radius 2 is 2.12 bits per heavy atom. The second kappa shape index (κ2) is 7.23. The second-order valence-corrected chi connectivity index (χ2v) is 7.83. The van der Waals surface area contributed by atoms with E-state index < -0.39 is 0 Å². The molecule has 1 aromatic rings. The molecule has 94 valence electrons. The lowest BCUT2D eigenvalue weighted by Crippen LogP contribution is -2.46. The summed E-state index contributed by atoms with van der Waals surface area (Å²) in [6.07, 6.45) is 1.02. The van der Waals surface area contributed by atoms with E-state index in [0.717, 1.165) is 6.42 Å². The summed E-state index contributed by atoms with van der Waals surface area (Å²) >= 11 is 6.43. The first-order chi connectivity index (χ1) is 8.29. The van der Waals surface area contributed by atoms with Crippen molar-refractivity contribution in [3.05, 3.63) is 33.4 Å². The fraction of sp³-hybridized carbons (Fsp3) is 0.500. The Labute approximate surface area is 125 Å². The number of nitrogens with two attached hydrogens (primary N) is 1. The number of hydrazine groups is 1. The average Bonchev–Trinajstić information content (AvgIpc) is 2.39. The quantitative estimate of drug-likeness (QED) is 0.478. The van der Waals surface area contributed by atoms with Gasteiger partial charge in [0.2, 0.25) is 0 Å². The Morgan fingerprint density at radius 1 is 1.35 bits per heavy atom. The van der Waals surface area contributed by atoms with Crippen LogP contribution in [0.3, 0.4) is 0 Å². The minimum Gasteiger partial charge on any atom is -0.271 e. The summed E-state index contributed by atoms with van der Waals surface area (Å²) in [6.45, 7) is 0. The van der Waals surface area contributed by atoms with Gasteiger partial charge in [-0.1, -0.05) is 12.1 Å². The molecule has 2 rings (SSSR count). The molecule has 1 saturated heterocycles. The summed E-state index contributed by atoms with van der Waals surface area (Å²) in [5, 5.41) is 0.637. The van der Waals surface area contributed by atoms with Gasteiger partial charge < -0.3 is 0 Å². The fourth-order valence-electron chi connectivity index (χ4n) is 1.91. The van der Waals surface area contributed by atoms with Crippen LogP contribution in [0.2, 0.25) is 0 Å². The summed E-state index contributed by atoms with van der Waals surface area (Å²) in [5.41, 5.74) is 4.36. The lowest BCUT2D eigenvalue weighted by molar-refractivity contribution is 0.523. The molecular weight excluding hydrogens is 363 g/mol. The number of hydrogen-bond donors (Lipinski definition) is 2. The summed E-state index contributed by atoms with van der Waals surface area (Å²) in [6, 6.07) is 9.10. The summed E-state index contributed by atoms with van der Waals surface area (Å²) in [5.74, 6) is 9.45. The zero-order valence-electron chi connectivity index (χ0n) is 9.56. The van der Waals surface area contributed by atoms with E-state index in [1.807, 2.05) is 11.8 Å². The van der Waals surface area contributed by atoms with Gasteiger partial charge in [0.25, 0.3) is 0 Å². The van der Waals surface area contributed by atoms with Crippen molar-refractivity contribution in [3.63, 3.8) is 0 Å². The smallest absolute Gasteiger partial charge is 0.0377 e. The number of rotatable bonds is 4. The first-order valence-electron chi connectivity index (χ1n) is 5.69. The monoisotopic (exact) mass is 380 g/mol. The van der Waals surface area contributed by atoms with Gasteiger partial charge >= 0.3 is 0 Å². The minimum atomic E-state index is 0.382. The molecule has 1 fully saturated rings. The zero-order chi connectivity index (χ0) is 12.1. The molecule has 3 N–H and O–H groups in total. The van der Waals surface area contributed by atoms with Gasteiger partial charge in [0.1, 0.15) is 0 Å². The maximum absolute atomic E-state index is 5.71. The van der Waals surface area contributed by atoms with Crippen LogP contribution in [-0.2, 0) is 6.42 Å². The SMILES string of the molecule is NNC(Cc1ccc(I)cc1)C1CSCCS1. The van der Waals surface area contributed by atoms with Crippen molar-refractivity contribution in [3.8, 4) is 0 Å². The Kier molecular flexibility index (Phi) is 5.95. The summed E-state index contributed by atoms with van der Waals surface area (Å²) < 4.78 is 1.28. The van der Waals surface area contributed by atoms with Crippen molar-refractivity contribution in [2.45, 2.75) is 17.7 Å². The molecule has 2 atom stereocenters. The van der Waals surface area contributed by atoms with E-state index in [2.05, 4.69) is 64.0 Å². The maximum atomic E-state index is 5.71. The van der Waals surface area contributed by atoms with Crippen molar-refractivity contribution in [1.82, 2.24) is 5.43 Å². The van der Waals surface area contributed by atoms with Crippen molar-refractivity contribution in [1.29, 1.82) is 0 Å². The van der Waals surface area contributed by atoms with E-state index in [1.54, 1.807) is 0 Å². The van der Waals surface area contributed by atoms with Crippen LogP contribution in [0.25, 0.3) is 0 Å². The molecule has 2 nitrogen and oxygen atoms in total. The highest BCUT2D eigenvalue weighted by atomic mass is 127. The Balaban J connectivity index is 1.96. The predicted octanol–water partition coefficient (Wildman–Crippen LogP) is 2.51. The molecule has 5 heteroatoms. The van der Waals surface area contributed by atoms with E-state index >= 15 is 0 Å². The van der Waals surface area contributed by atoms with Crippen LogP contribution < -0.4 is 11.3 Å². The van der Waals surface area contributed by atoms with Crippen LogP contribution in [0.1, 0.15) is 5.56 Å². The molecule has 1 heterocycles. The third-order valence-electron chi connectivity index (χ3n) is 2.87. The Bertz CT molecular complexity index is 339. The molecule has 1 aliphatic rings. The highest BCUT2D eigenvalue weighted by molar-refractivity contribution is 14.1. The van der Waals surface area contributed by atoms with Gasteiger partial charge in [-0.2, -0.15) is 23.5 Å².